The second-order valence-corrected chi connectivity index (χ2v) is 10.5. The van der Waals surface area contributed by atoms with Crippen molar-refractivity contribution in [2.45, 2.75) is 81.6 Å². The zero-order valence-corrected chi connectivity index (χ0v) is 22.7. The number of hydrogen-bond donors (Lipinski definition) is 2. The third kappa shape index (κ3) is 5.14. The van der Waals surface area contributed by atoms with Crippen molar-refractivity contribution in [2.24, 2.45) is 0 Å². The number of aromatic hydroxyl groups is 1. The molecule has 1 aromatic carbocycles. The van der Waals surface area contributed by atoms with Crippen LogP contribution in [0.4, 0.5) is 13.2 Å². The van der Waals surface area contributed by atoms with Gasteiger partial charge in [-0.05, 0) is 58.0 Å². The van der Waals surface area contributed by atoms with E-state index in [1.165, 1.54) is 20.8 Å². The predicted octanol–water partition coefficient (Wildman–Crippen LogP) is 1.84. The standard InChI is InChI=1S/C25H29NO9.C2HF3O/c1-12(32-14(3)27)22(29)33-13(2)23(30)34-17-7-8-25(31)18-11-15-5-6-16(28)20-19(15)24(25,21(17)35-20)9-10-26(18)4;3-2(4,5)1-6/h5-7,12-13,18,21,28,31H,8-11H2,1-4H3;1H/t12-,13-,18+,21-,24-,25+;/m0./s1. The molecule has 2 bridgehead atoms. The number of likely N-dealkylation sites (N-methyl/N-ethyl adjacent to an activating group) is 1. The Morgan fingerprint density at radius 1 is 1.17 bits per heavy atom. The van der Waals surface area contributed by atoms with Crippen molar-refractivity contribution in [3.8, 4) is 11.5 Å². The molecule has 41 heavy (non-hydrogen) atoms. The molecule has 1 spiro atoms. The van der Waals surface area contributed by atoms with E-state index in [1.54, 1.807) is 12.1 Å². The van der Waals surface area contributed by atoms with Crippen LogP contribution in [0.3, 0.4) is 0 Å². The number of aliphatic hydroxyl groups is 1. The first-order chi connectivity index (χ1) is 19.1. The van der Waals surface area contributed by atoms with Crippen molar-refractivity contribution in [1.29, 1.82) is 0 Å². The highest BCUT2D eigenvalue weighted by atomic mass is 19.4. The van der Waals surface area contributed by atoms with Gasteiger partial charge in [0.15, 0.2) is 29.8 Å². The summed E-state index contributed by atoms with van der Waals surface area (Å²) < 4.78 is 53.1. The lowest BCUT2D eigenvalue weighted by atomic mass is 9.50. The van der Waals surface area contributed by atoms with Crippen molar-refractivity contribution in [3.63, 3.8) is 0 Å². The smallest absolute Gasteiger partial charge is 0.446 e. The quantitative estimate of drug-likeness (QED) is 0.296. The Bertz CT molecular complexity index is 1300. The largest absolute Gasteiger partial charge is 0.504 e. The SMILES string of the molecule is CC(=O)O[C@@H](C)C(=O)O[C@@H](C)C(=O)OC1=CC[C@@]2(O)[C@H]3Cc4ccc(O)c5c4[C@@]2(CCN3C)[C@H]1O5.O=CC(F)(F)F. The Hall–Kier alpha value is -3.65. The van der Waals surface area contributed by atoms with Gasteiger partial charge >= 0.3 is 24.1 Å². The van der Waals surface area contributed by atoms with E-state index >= 15 is 0 Å². The fourth-order valence-corrected chi connectivity index (χ4v) is 6.25. The lowest BCUT2D eigenvalue weighted by Gasteiger charge is -2.61. The van der Waals surface area contributed by atoms with Crippen LogP contribution in [0.25, 0.3) is 0 Å². The van der Waals surface area contributed by atoms with Crippen LogP contribution in [0, 0.1) is 0 Å². The Kier molecular flexibility index (Phi) is 7.86. The minimum absolute atomic E-state index is 0.0281. The molecule has 11 nitrogen and oxygen atoms in total. The molecule has 1 aromatic rings. The van der Waals surface area contributed by atoms with Gasteiger partial charge in [-0.3, -0.25) is 9.59 Å². The number of halogens is 3. The number of phenolic OH excluding ortho intramolecular Hbond substituents is 1. The highest BCUT2D eigenvalue weighted by Crippen LogP contribution is 2.65. The summed E-state index contributed by atoms with van der Waals surface area (Å²) in [6.45, 7) is 4.57. The highest BCUT2D eigenvalue weighted by molar-refractivity contribution is 5.83. The molecule has 2 N–H and O–H groups in total. The van der Waals surface area contributed by atoms with Crippen molar-refractivity contribution in [3.05, 3.63) is 35.1 Å². The first-order valence-electron chi connectivity index (χ1n) is 12.8. The third-order valence-corrected chi connectivity index (χ3v) is 8.01. The molecule has 1 saturated heterocycles. The summed E-state index contributed by atoms with van der Waals surface area (Å²) in [5, 5.41) is 22.7. The van der Waals surface area contributed by atoms with Gasteiger partial charge in [0.2, 0.25) is 6.29 Å². The Balaban J connectivity index is 0.000000585. The van der Waals surface area contributed by atoms with Crippen molar-refractivity contribution in [2.75, 3.05) is 13.6 Å². The molecule has 4 aliphatic rings. The first kappa shape index (κ1) is 30.3. The molecule has 2 aliphatic heterocycles. The number of piperidine rings is 1. The van der Waals surface area contributed by atoms with E-state index in [0.717, 1.165) is 11.1 Å². The number of likely N-dealkylation sites (tertiary alicyclic amines) is 1. The lowest BCUT2D eigenvalue weighted by Crippen LogP contribution is -2.74. The van der Waals surface area contributed by atoms with E-state index in [2.05, 4.69) is 4.90 Å². The molecule has 0 saturated carbocycles. The molecule has 224 valence electrons. The van der Waals surface area contributed by atoms with Crippen molar-refractivity contribution in [1.82, 2.24) is 4.90 Å². The average molecular weight is 586 g/mol. The molecule has 0 unspecified atom stereocenters. The topological polar surface area (TPSA) is 149 Å². The van der Waals surface area contributed by atoms with Gasteiger partial charge in [0.05, 0.1) is 11.0 Å². The summed E-state index contributed by atoms with van der Waals surface area (Å²) in [6.07, 6.45) is -5.93. The van der Waals surface area contributed by atoms with E-state index in [0.29, 0.717) is 25.1 Å². The fraction of sp³-hybridized carbons (Fsp3) is 0.556. The summed E-state index contributed by atoms with van der Waals surface area (Å²) in [4.78, 5) is 46.9. The molecule has 2 aliphatic carbocycles. The second kappa shape index (κ2) is 10.6. The zero-order valence-electron chi connectivity index (χ0n) is 22.7. The molecule has 2 heterocycles. The fourth-order valence-electron chi connectivity index (χ4n) is 6.25. The number of carbonyl (C=O) groups excluding carboxylic acids is 4. The number of phenols is 1. The first-order valence-corrected chi connectivity index (χ1v) is 12.8. The van der Waals surface area contributed by atoms with E-state index < -0.39 is 59.7 Å². The lowest BCUT2D eigenvalue weighted by molar-refractivity contribution is -0.179. The van der Waals surface area contributed by atoms with E-state index in [1.807, 2.05) is 13.1 Å². The Labute approximate surface area is 232 Å². The maximum atomic E-state index is 12.9. The molecule has 0 aromatic heterocycles. The predicted molar refractivity (Wildman–Crippen MR) is 132 cm³/mol. The number of alkyl halides is 3. The number of aldehydes is 1. The van der Waals surface area contributed by atoms with E-state index in [4.69, 9.17) is 23.7 Å². The number of benzene rings is 1. The maximum absolute atomic E-state index is 12.9. The van der Waals surface area contributed by atoms with Crippen LogP contribution in [0.15, 0.2) is 24.0 Å². The van der Waals surface area contributed by atoms with Crippen LogP contribution in [0.5, 0.6) is 11.5 Å². The summed E-state index contributed by atoms with van der Waals surface area (Å²) in [7, 11) is 1.98. The molecule has 0 radical (unpaired) electrons. The van der Waals surface area contributed by atoms with Crippen molar-refractivity contribution >= 4 is 24.2 Å². The number of ether oxygens (including phenoxy) is 4. The number of esters is 3. The molecule has 0 amide bonds. The Morgan fingerprint density at radius 3 is 2.41 bits per heavy atom. The number of carbonyl (C=O) groups is 4. The van der Waals surface area contributed by atoms with Gasteiger partial charge in [0.1, 0.15) is 5.76 Å². The third-order valence-electron chi connectivity index (χ3n) is 8.01. The average Bonchev–Trinajstić information content (AvgIpc) is 3.25. The molecule has 6 atom stereocenters. The van der Waals surface area contributed by atoms with Gasteiger partial charge < -0.3 is 34.1 Å². The molecular weight excluding hydrogens is 555 g/mol. The van der Waals surface area contributed by atoms with Crippen LogP contribution < -0.4 is 4.74 Å². The molecule has 14 heteroatoms. The summed E-state index contributed by atoms with van der Waals surface area (Å²) in [6, 6.07) is 3.29. The number of hydrogen-bond acceptors (Lipinski definition) is 11. The van der Waals surface area contributed by atoms with Gasteiger partial charge in [-0.2, -0.15) is 13.2 Å². The normalized spacial score (nSPS) is 28.8. The van der Waals surface area contributed by atoms with Gasteiger partial charge in [-0.15, -0.1) is 0 Å². The monoisotopic (exact) mass is 585 g/mol. The van der Waals surface area contributed by atoms with Crippen LogP contribution in [0.1, 0.15) is 44.7 Å². The summed E-state index contributed by atoms with van der Waals surface area (Å²) in [5.74, 6) is -1.85. The summed E-state index contributed by atoms with van der Waals surface area (Å²) >= 11 is 0. The maximum Gasteiger partial charge on any atom is 0.446 e. The van der Waals surface area contributed by atoms with Gasteiger partial charge in [-0.1, -0.05) is 6.07 Å². The second-order valence-electron chi connectivity index (χ2n) is 10.5. The summed E-state index contributed by atoms with van der Waals surface area (Å²) in [5.41, 5.74) is -0.286. The van der Waals surface area contributed by atoms with Gasteiger partial charge in [0, 0.05) is 24.9 Å². The van der Waals surface area contributed by atoms with Crippen LogP contribution >= 0.6 is 0 Å². The molecule has 5 rings (SSSR count). The van der Waals surface area contributed by atoms with Gasteiger partial charge in [-0.25, -0.2) is 9.59 Å². The van der Waals surface area contributed by atoms with Crippen LogP contribution in [-0.2, 0) is 45.2 Å². The zero-order chi connectivity index (χ0) is 30.5. The molecular formula is C27H30F3NO10. The van der Waals surface area contributed by atoms with Gasteiger partial charge in [0.25, 0.3) is 0 Å². The molecule has 1 fully saturated rings. The number of nitrogens with zero attached hydrogens (tertiary/aromatic N) is 1. The van der Waals surface area contributed by atoms with E-state index in [-0.39, 0.29) is 24.0 Å². The van der Waals surface area contributed by atoms with Crippen molar-refractivity contribution < 1.29 is 61.5 Å². The van der Waals surface area contributed by atoms with E-state index in [9.17, 15) is 37.8 Å². The Morgan fingerprint density at radius 2 is 1.80 bits per heavy atom. The highest BCUT2D eigenvalue weighted by Gasteiger charge is 2.72. The minimum Gasteiger partial charge on any atom is -0.504 e. The minimum atomic E-state index is -4.64. The number of rotatable bonds is 5. The van der Waals surface area contributed by atoms with Crippen LogP contribution in [0.2, 0.25) is 0 Å². The van der Waals surface area contributed by atoms with Crippen LogP contribution in [-0.4, -0.2) is 89.0 Å².